The highest BCUT2D eigenvalue weighted by Gasteiger charge is 2.22. The van der Waals surface area contributed by atoms with Crippen LogP contribution in [0.5, 0.6) is 11.5 Å². The average molecular weight is 268 g/mol. The summed E-state index contributed by atoms with van der Waals surface area (Å²) < 4.78 is 15.7. The van der Waals surface area contributed by atoms with E-state index in [2.05, 4.69) is 0 Å². The predicted octanol–water partition coefficient (Wildman–Crippen LogP) is 2.37. The number of methoxy groups -OCH3 is 2. The monoisotopic (exact) mass is 268 g/mol. The number of hydrogen-bond acceptors (Lipinski definition) is 5. The molecule has 0 aliphatic carbocycles. The molecule has 0 saturated carbocycles. The summed E-state index contributed by atoms with van der Waals surface area (Å²) >= 11 is 1.81. The summed E-state index contributed by atoms with van der Waals surface area (Å²) in [6, 6.07) is 5.07. The van der Waals surface area contributed by atoms with Crippen LogP contribution in [-0.2, 0) is 4.74 Å². The van der Waals surface area contributed by atoms with Crippen molar-refractivity contribution < 1.29 is 19.0 Å². The molecule has 0 amide bonds. The van der Waals surface area contributed by atoms with E-state index in [0.717, 1.165) is 17.9 Å². The van der Waals surface area contributed by atoms with Gasteiger partial charge in [-0.1, -0.05) is 0 Å². The Balaban J connectivity index is 2.13. The van der Waals surface area contributed by atoms with Crippen LogP contribution in [0.1, 0.15) is 16.8 Å². The van der Waals surface area contributed by atoms with Crippen LogP contribution in [-0.4, -0.2) is 37.8 Å². The predicted molar refractivity (Wildman–Crippen MR) is 70.7 cm³/mol. The van der Waals surface area contributed by atoms with Gasteiger partial charge in [0.2, 0.25) is 0 Å². The molecule has 0 radical (unpaired) electrons. The summed E-state index contributed by atoms with van der Waals surface area (Å²) in [5, 5.41) is 0. The van der Waals surface area contributed by atoms with Gasteiger partial charge in [0.15, 0.2) is 0 Å². The first-order valence-electron chi connectivity index (χ1n) is 5.75. The topological polar surface area (TPSA) is 44.8 Å². The minimum Gasteiger partial charge on any atom is -0.497 e. The van der Waals surface area contributed by atoms with Gasteiger partial charge >= 0.3 is 5.97 Å². The van der Waals surface area contributed by atoms with Crippen molar-refractivity contribution in [1.29, 1.82) is 0 Å². The Bertz CT molecular complexity index is 427. The molecule has 0 spiro atoms. The number of esters is 1. The van der Waals surface area contributed by atoms with Gasteiger partial charge in [0, 0.05) is 11.8 Å². The first-order valence-corrected chi connectivity index (χ1v) is 6.91. The van der Waals surface area contributed by atoms with Crippen LogP contribution in [0.15, 0.2) is 18.2 Å². The maximum absolute atomic E-state index is 12.0. The molecule has 1 unspecified atom stereocenters. The normalized spacial score (nSPS) is 18.4. The number of thioether (sulfide) groups is 1. The fraction of sp³-hybridized carbons (Fsp3) is 0.462. The number of carbonyl (C=O) groups is 1. The maximum Gasteiger partial charge on any atom is 0.342 e. The Morgan fingerprint density at radius 2 is 2.17 bits per heavy atom. The van der Waals surface area contributed by atoms with Crippen molar-refractivity contribution >= 4 is 17.7 Å². The number of hydrogen-bond donors (Lipinski definition) is 0. The molecule has 2 rings (SSSR count). The third-order valence-corrected chi connectivity index (χ3v) is 3.92. The van der Waals surface area contributed by atoms with Gasteiger partial charge < -0.3 is 14.2 Å². The maximum atomic E-state index is 12.0. The lowest BCUT2D eigenvalue weighted by Crippen LogP contribution is -2.18. The molecule has 5 heteroatoms. The van der Waals surface area contributed by atoms with E-state index in [9.17, 15) is 4.79 Å². The number of rotatable bonds is 4. The third-order valence-electron chi connectivity index (χ3n) is 2.79. The second-order valence-corrected chi connectivity index (χ2v) is 5.11. The summed E-state index contributed by atoms with van der Waals surface area (Å²) in [4.78, 5) is 12.0. The van der Waals surface area contributed by atoms with Crippen molar-refractivity contribution in [1.82, 2.24) is 0 Å². The number of ether oxygens (including phenoxy) is 3. The standard InChI is InChI=1S/C13H16O4S/c1-15-9-3-4-11(12(7-9)16-2)13(14)17-10-5-6-18-8-10/h3-4,7,10H,5-6,8H2,1-2H3. The van der Waals surface area contributed by atoms with E-state index < -0.39 is 0 Å². The zero-order valence-electron chi connectivity index (χ0n) is 10.5. The smallest absolute Gasteiger partial charge is 0.342 e. The molecule has 0 N–H and O–H groups in total. The van der Waals surface area contributed by atoms with Crippen LogP contribution in [0.25, 0.3) is 0 Å². The second kappa shape index (κ2) is 6.00. The van der Waals surface area contributed by atoms with E-state index in [1.54, 1.807) is 37.1 Å². The fourth-order valence-electron chi connectivity index (χ4n) is 1.79. The SMILES string of the molecule is COc1ccc(C(=O)OC2CCSC2)c(OC)c1. The van der Waals surface area contributed by atoms with Crippen molar-refractivity contribution in [3.63, 3.8) is 0 Å². The van der Waals surface area contributed by atoms with Gasteiger partial charge in [0.25, 0.3) is 0 Å². The molecule has 0 bridgehead atoms. The molecular formula is C13H16O4S. The van der Waals surface area contributed by atoms with E-state index in [1.165, 1.54) is 7.11 Å². The van der Waals surface area contributed by atoms with Crippen molar-refractivity contribution in [3.8, 4) is 11.5 Å². The van der Waals surface area contributed by atoms with Gasteiger partial charge in [-0.15, -0.1) is 0 Å². The Morgan fingerprint density at radius 3 is 2.78 bits per heavy atom. The average Bonchev–Trinajstić information content (AvgIpc) is 2.90. The molecule has 4 nitrogen and oxygen atoms in total. The van der Waals surface area contributed by atoms with Gasteiger partial charge in [0.1, 0.15) is 23.2 Å². The highest BCUT2D eigenvalue weighted by atomic mass is 32.2. The largest absolute Gasteiger partial charge is 0.497 e. The van der Waals surface area contributed by atoms with E-state index in [-0.39, 0.29) is 12.1 Å². The van der Waals surface area contributed by atoms with Gasteiger partial charge in [-0.25, -0.2) is 4.79 Å². The van der Waals surface area contributed by atoms with Crippen LogP contribution in [0, 0.1) is 0 Å². The van der Waals surface area contributed by atoms with Gasteiger partial charge in [-0.3, -0.25) is 0 Å². The molecule has 1 aromatic carbocycles. The first-order chi connectivity index (χ1) is 8.74. The Kier molecular flexibility index (Phi) is 4.36. The lowest BCUT2D eigenvalue weighted by molar-refractivity contribution is 0.0353. The highest BCUT2D eigenvalue weighted by molar-refractivity contribution is 7.99. The van der Waals surface area contributed by atoms with Crippen LogP contribution < -0.4 is 9.47 Å². The zero-order valence-corrected chi connectivity index (χ0v) is 11.3. The summed E-state index contributed by atoms with van der Waals surface area (Å²) in [5.41, 5.74) is 0.440. The molecule has 1 heterocycles. The quantitative estimate of drug-likeness (QED) is 0.784. The minimum atomic E-state index is -0.331. The second-order valence-electron chi connectivity index (χ2n) is 3.96. The Morgan fingerprint density at radius 1 is 1.33 bits per heavy atom. The summed E-state index contributed by atoms with van der Waals surface area (Å²) in [5.74, 6) is 2.73. The lowest BCUT2D eigenvalue weighted by Gasteiger charge is -2.13. The first kappa shape index (κ1) is 13.1. The number of carbonyl (C=O) groups excluding carboxylic acids is 1. The van der Waals surface area contributed by atoms with Gasteiger partial charge in [-0.2, -0.15) is 11.8 Å². The van der Waals surface area contributed by atoms with Gasteiger partial charge in [0.05, 0.1) is 14.2 Å². The molecule has 18 heavy (non-hydrogen) atoms. The summed E-state index contributed by atoms with van der Waals surface area (Å²) in [6.07, 6.45) is 0.948. The van der Waals surface area contributed by atoms with Crippen LogP contribution >= 0.6 is 11.8 Å². The molecule has 1 fully saturated rings. The molecule has 1 aliphatic rings. The molecule has 1 aliphatic heterocycles. The number of benzene rings is 1. The fourth-order valence-corrected chi connectivity index (χ4v) is 2.88. The Labute approximate surface area is 111 Å². The highest BCUT2D eigenvalue weighted by Crippen LogP contribution is 2.27. The molecule has 1 atom stereocenters. The molecule has 98 valence electrons. The zero-order chi connectivity index (χ0) is 13.0. The lowest BCUT2D eigenvalue weighted by atomic mass is 10.2. The van der Waals surface area contributed by atoms with Crippen molar-refractivity contribution in [3.05, 3.63) is 23.8 Å². The van der Waals surface area contributed by atoms with E-state index in [0.29, 0.717) is 17.1 Å². The molecule has 1 aromatic rings. The summed E-state index contributed by atoms with van der Waals surface area (Å²) in [7, 11) is 3.10. The molecule has 0 aromatic heterocycles. The molecule has 1 saturated heterocycles. The Hall–Kier alpha value is -1.36. The van der Waals surface area contributed by atoms with E-state index in [4.69, 9.17) is 14.2 Å². The van der Waals surface area contributed by atoms with Crippen molar-refractivity contribution in [2.24, 2.45) is 0 Å². The van der Waals surface area contributed by atoms with E-state index in [1.807, 2.05) is 0 Å². The van der Waals surface area contributed by atoms with Crippen LogP contribution in [0.4, 0.5) is 0 Å². The molecular weight excluding hydrogens is 252 g/mol. The minimum absolute atomic E-state index is 0.0225. The van der Waals surface area contributed by atoms with Gasteiger partial charge in [-0.05, 0) is 24.3 Å². The van der Waals surface area contributed by atoms with E-state index >= 15 is 0 Å². The third kappa shape index (κ3) is 2.90. The summed E-state index contributed by atoms with van der Waals surface area (Å²) in [6.45, 7) is 0. The van der Waals surface area contributed by atoms with Crippen LogP contribution in [0.2, 0.25) is 0 Å². The van der Waals surface area contributed by atoms with Crippen LogP contribution in [0.3, 0.4) is 0 Å². The van der Waals surface area contributed by atoms with Crippen molar-refractivity contribution in [2.75, 3.05) is 25.7 Å². The van der Waals surface area contributed by atoms with Crippen molar-refractivity contribution in [2.45, 2.75) is 12.5 Å².